The van der Waals surface area contributed by atoms with Crippen LogP contribution in [-0.4, -0.2) is 47.1 Å². The van der Waals surface area contributed by atoms with Crippen LogP contribution in [0, 0.1) is 5.92 Å². The smallest absolute Gasteiger partial charge is 0.226 e. The second-order valence-electron chi connectivity index (χ2n) is 6.43. The first kappa shape index (κ1) is 16.0. The van der Waals surface area contributed by atoms with Gasteiger partial charge in [0.15, 0.2) is 0 Å². The van der Waals surface area contributed by atoms with E-state index in [-0.39, 0.29) is 42.3 Å². The van der Waals surface area contributed by atoms with Crippen LogP contribution in [0.4, 0.5) is 0 Å². The molecule has 3 rings (SSSR count). The summed E-state index contributed by atoms with van der Waals surface area (Å²) in [4.78, 5) is 26.0. The van der Waals surface area contributed by atoms with Gasteiger partial charge in [0.05, 0.1) is 18.7 Å². The molecular formula is C18H24N2O3. The summed E-state index contributed by atoms with van der Waals surface area (Å²) in [5.41, 5.74) is 1.11. The second-order valence-corrected chi connectivity index (χ2v) is 6.43. The lowest BCUT2D eigenvalue weighted by Crippen LogP contribution is -2.68. The van der Waals surface area contributed by atoms with E-state index in [0.29, 0.717) is 13.0 Å². The summed E-state index contributed by atoms with van der Waals surface area (Å²) >= 11 is 0. The van der Waals surface area contributed by atoms with Crippen LogP contribution in [0.3, 0.4) is 0 Å². The lowest BCUT2D eigenvalue weighted by molar-refractivity contribution is -0.152. The van der Waals surface area contributed by atoms with Crippen LogP contribution in [0.15, 0.2) is 30.3 Å². The normalized spacial score (nSPS) is 26.5. The fraction of sp³-hybridized carbons (Fsp3) is 0.556. The molecule has 1 saturated carbocycles. The van der Waals surface area contributed by atoms with E-state index in [4.69, 9.17) is 0 Å². The number of benzene rings is 1. The Labute approximate surface area is 136 Å². The molecule has 2 aliphatic rings. The van der Waals surface area contributed by atoms with Crippen molar-refractivity contribution in [1.82, 2.24) is 10.2 Å². The molecule has 2 fully saturated rings. The fourth-order valence-corrected chi connectivity index (χ4v) is 3.50. The van der Waals surface area contributed by atoms with E-state index >= 15 is 0 Å². The number of carbonyl (C=O) groups excluding carboxylic acids is 2. The minimum atomic E-state index is -0.186. The largest absolute Gasteiger partial charge is 0.394 e. The number of nitrogens with one attached hydrogen (secondary N) is 1. The number of hydrogen-bond donors (Lipinski definition) is 2. The van der Waals surface area contributed by atoms with Crippen LogP contribution in [0.1, 0.15) is 37.7 Å². The summed E-state index contributed by atoms with van der Waals surface area (Å²) in [6, 6.07) is 9.69. The molecule has 0 bridgehead atoms. The quantitative estimate of drug-likeness (QED) is 0.830. The summed E-state index contributed by atoms with van der Waals surface area (Å²) in [6.45, 7) is 2.21. The predicted octanol–water partition coefficient (Wildman–Crippen LogP) is 1.28. The summed E-state index contributed by atoms with van der Waals surface area (Å²) < 4.78 is 0. The molecule has 1 aromatic rings. The van der Waals surface area contributed by atoms with Crippen LogP contribution in [0.5, 0.6) is 0 Å². The molecular weight excluding hydrogens is 292 g/mol. The molecule has 5 heteroatoms. The summed E-state index contributed by atoms with van der Waals surface area (Å²) in [6.07, 6.45) is 2.32. The third-order valence-corrected chi connectivity index (χ3v) is 4.93. The first-order valence-electron chi connectivity index (χ1n) is 8.42. The van der Waals surface area contributed by atoms with E-state index in [1.807, 2.05) is 42.2 Å². The molecule has 1 aliphatic carbocycles. The van der Waals surface area contributed by atoms with Gasteiger partial charge in [-0.3, -0.25) is 9.59 Å². The van der Waals surface area contributed by atoms with Crippen molar-refractivity contribution in [1.29, 1.82) is 0 Å². The van der Waals surface area contributed by atoms with Crippen LogP contribution >= 0.6 is 0 Å². The molecule has 23 heavy (non-hydrogen) atoms. The number of nitrogens with zero attached hydrogens (tertiary/aromatic N) is 1. The van der Waals surface area contributed by atoms with Gasteiger partial charge in [-0.1, -0.05) is 37.3 Å². The average Bonchev–Trinajstić information content (AvgIpc) is 3.39. The van der Waals surface area contributed by atoms with Crippen molar-refractivity contribution in [3.05, 3.63) is 35.9 Å². The van der Waals surface area contributed by atoms with E-state index < -0.39 is 0 Å². The van der Waals surface area contributed by atoms with Gasteiger partial charge in [-0.25, -0.2) is 0 Å². The van der Waals surface area contributed by atoms with Gasteiger partial charge in [0.1, 0.15) is 0 Å². The number of amides is 2. The standard InChI is InChI=1S/C18H24N2O3/c1-2-16(22)19-10-14-17(12-6-4-3-5-7-12)15(11-21)20(14)18(23)13-8-9-13/h3-7,13-15,17,21H,2,8-11H2,1H3,(H,19,22)/t14-,15-,17-/m1/s1. The predicted molar refractivity (Wildman–Crippen MR) is 86.7 cm³/mol. The highest BCUT2D eigenvalue weighted by Gasteiger charge is 2.53. The number of hydrogen-bond acceptors (Lipinski definition) is 3. The number of aliphatic hydroxyl groups excluding tert-OH is 1. The molecule has 0 unspecified atom stereocenters. The highest BCUT2D eigenvalue weighted by Crippen LogP contribution is 2.44. The van der Waals surface area contributed by atoms with Gasteiger partial charge >= 0.3 is 0 Å². The van der Waals surface area contributed by atoms with Crippen molar-refractivity contribution in [2.45, 2.75) is 44.2 Å². The van der Waals surface area contributed by atoms with E-state index in [1.54, 1.807) is 0 Å². The Morgan fingerprint density at radius 3 is 2.48 bits per heavy atom. The van der Waals surface area contributed by atoms with Gasteiger partial charge in [0, 0.05) is 24.8 Å². The van der Waals surface area contributed by atoms with Gasteiger partial charge in [-0.05, 0) is 18.4 Å². The van der Waals surface area contributed by atoms with Gasteiger partial charge in [-0.2, -0.15) is 0 Å². The van der Waals surface area contributed by atoms with Crippen LogP contribution in [0.2, 0.25) is 0 Å². The average molecular weight is 316 g/mol. The Hall–Kier alpha value is -1.88. The lowest BCUT2D eigenvalue weighted by Gasteiger charge is -2.55. The molecule has 1 aromatic carbocycles. The molecule has 0 aromatic heterocycles. The molecule has 5 nitrogen and oxygen atoms in total. The molecule has 2 N–H and O–H groups in total. The van der Waals surface area contributed by atoms with Gasteiger partial charge in [-0.15, -0.1) is 0 Å². The molecule has 2 amide bonds. The van der Waals surface area contributed by atoms with Crippen molar-refractivity contribution < 1.29 is 14.7 Å². The number of rotatable bonds is 6. The molecule has 3 atom stereocenters. The fourth-order valence-electron chi connectivity index (χ4n) is 3.50. The molecule has 1 aliphatic heterocycles. The van der Waals surface area contributed by atoms with E-state index in [1.165, 1.54) is 0 Å². The minimum absolute atomic E-state index is 0.0110. The summed E-state index contributed by atoms with van der Waals surface area (Å²) in [5.74, 6) is 0.307. The number of likely N-dealkylation sites (tertiary alicyclic amines) is 1. The Kier molecular flexibility index (Phi) is 4.66. The van der Waals surface area contributed by atoms with Gasteiger partial charge in [0.2, 0.25) is 11.8 Å². The van der Waals surface area contributed by atoms with E-state index in [2.05, 4.69) is 5.32 Å². The van der Waals surface area contributed by atoms with Crippen LogP contribution in [0.25, 0.3) is 0 Å². The first-order chi connectivity index (χ1) is 11.2. The Bertz CT molecular complexity index is 571. The highest BCUT2D eigenvalue weighted by molar-refractivity contribution is 5.83. The van der Waals surface area contributed by atoms with Crippen LogP contribution < -0.4 is 5.32 Å². The van der Waals surface area contributed by atoms with Gasteiger partial charge in [0.25, 0.3) is 0 Å². The number of aliphatic hydroxyl groups is 1. The highest BCUT2D eigenvalue weighted by atomic mass is 16.3. The van der Waals surface area contributed by atoms with Crippen molar-refractivity contribution in [2.75, 3.05) is 13.2 Å². The molecule has 0 spiro atoms. The van der Waals surface area contributed by atoms with Crippen LogP contribution in [-0.2, 0) is 9.59 Å². The maximum Gasteiger partial charge on any atom is 0.226 e. The third-order valence-electron chi connectivity index (χ3n) is 4.93. The molecule has 0 radical (unpaired) electrons. The van der Waals surface area contributed by atoms with Crippen molar-refractivity contribution in [3.8, 4) is 0 Å². The minimum Gasteiger partial charge on any atom is -0.394 e. The van der Waals surface area contributed by atoms with Crippen molar-refractivity contribution in [3.63, 3.8) is 0 Å². The van der Waals surface area contributed by atoms with E-state index in [0.717, 1.165) is 18.4 Å². The lowest BCUT2D eigenvalue weighted by atomic mass is 9.74. The Morgan fingerprint density at radius 1 is 1.22 bits per heavy atom. The molecule has 1 saturated heterocycles. The van der Waals surface area contributed by atoms with Crippen molar-refractivity contribution in [2.24, 2.45) is 5.92 Å². The topological polar surface area (TPSA) is 69.6 Å². The first-order valence-corrected chi connectivity index (χ1v) is 8.42. The monoisotopic (exact) mass is 316 g/mol. The maximum absolute atomic E-state index is 12.6. The third kappa shape index (κ3) is 3.11. The van der Waals surface area contributed by atoms with Gasteiger partial charge < -0.3 is 15.3 Å². The number of carbonyl (C=O) groups is 2. The Morgan fingerprint density at radius 2 is 1.91 bits per heavy atom. The zero-order valence-corrected chi connectivity index (χ0v) is 13.4. The molecule has 124 valence electrons. The summed E-state index contributed by atoms with van der Waals surface area (Å²) in [7, 11) is 0. The molecule has 1 heterocycles. The second kappa shape index (κ2) is 6.71. The van der Waals surface area contributed by atoms with Crippen molar-refractivity contribution >= 4 is 11.8 Å². The Balaban J connectivity index is 1.80. The SMILES string of the molecule is CCC(=O)NC[C@@H]1[C@@H](c2ccccc2)[C@@H](CO)N1C(=O)C1CC1. The zero-order chi connectivity index (χ0) is 16.4. The summed E-state index contributed by atoms with van der Waals surface area (Å²) in [5, 5.41) is 12.7. The van der Waals surface area contributed by atoms with E-state index in [9.17, 15) is 14.7 Å². The zero-order valence-electron chi connectivity index (χ0n) is 13.4. The maximum atomic E-state index is 12.6.